The van der Waals surface area contributed by atoms with Gasteiger partial charge in [0.1, 0.15) is 0 Å². The minimum absolute atomic E-state index is 0.0383. The van der Waals surface area contributed by atoms with Crippen molar-refractivity contribution in [3.8, 4) is 5.75 Å². The highest BCUT2D eigenvalue weighted by molar-refractivity contribution is 6.07. The first-order valence-electron chi connectivity index (χ1n) is 5.04. The third-order valence-corrected chi connectivity index (χ3v) is 2.22. The number of ether oxygens (including phenoxy) is 1. The number of carbonyl (C=O) groups is 2. The van der Waals surface area contributed by atoms with E-state index in [1.54, 1.807) is 0 Å². The number of amides is 1. The highest BCUT2D eigenvalue weighted by Crippen LogP contribution is 2.20. The summed E-state index contributed by atoms with van der Waals surface area (Å²) < 4.78 is 18.1. The van der Waals surface area contributed by atoms with Gasteiger partial charge in [-0.05, 0) is 19.2 Å². The quantitative estimate of drug-likeness (QED) is 0.665. The molecule has 0 bridgehead atoms. The van der Waals surface area contributed by atoms with E-state index in [0.717, 1.165) is 6.07 Å². The molecule has 0 aliphatic heterocycles. The summed E-state index contributed by atoms with van der Waals surface area (Å²) in [6, 6.07) is 2.40. The number of benzene rings is 1. The van der Waals surface area contributed by atoms with Crippen molar-refractivity contribution in [2.75, 3.05) is 19.5 Å². The fourth-order valence-electron chi connectivity index (χ4n) is 1.33. The summed E-state index contributed by atoms with van der Waals surface area (Å²) >= 11 is 0. The van der Waals surface area contributed by atoms with Gasteiger partial charge in [0.15, 0.2) is 17.6 Å². The first-order valence-corrected chi connectivity index (χ1v) is 5.04. The van der Waals surface area contributed by atoms with Crippen molar-refractivity contribution in [1.29, 1.82) is 0 Å². The minimum Gasteiger partial charge on any atom is -0.494 e. The molecular weight excluding hydrogens is 243 g/mol. The maximum atomic E-state index is 13.3. The Hall–Kier alpha value is -2.15. The fourth-order valence-corrected chi connectivity index (χ4v) is 1.33. The molecule has 3 N–H and O–H groups in total. The van der Waals surface area contributed by atoms with E-state index in [-0.39, 0.29) is 11.4 Å². The average Bonchev–Trinajstić information content (AvgIpc) is 2.29. The number of carbonyl (C=O) groups excluding carboxylic acids is 1. The molecule has 0 radical (unpaired) electrons. The van der Waals surface area contributed by atoms with Crippen LogP contribution in [0.5, 0.6) is 5.75 Å². The second kappa shape index (κ2) is 5.97. The molecule has 98 valence electrons. The van der Waals surface area contributed by atoms with Crippen LogP contribution in [0.4, 0.5) is 10.1 Å². The van der Waals surface area contributed by atoms with Gasteiger partial charge in [-0.2, -0.15) is 0 Å². The van der Waals surface area contributed by atoms with Crippen LogP contribution >= 0.6 is 0 Å². The van der Waals surface area contributed by atoms with Gasteiger partial charge in [-0.1, -0.05) is 0 Å². The second-order valence-electron chi connectivity index (χ2n) is 3.40. The van der Waals surface area contributed by atoms with Gasteiger partial charge in [-0.25, -0.2) is 9.18 Å². The molecule has 0 aliphatic rings. The highest BCUT2D eigenvalue weighted by atomic mass is 19.1. The van der Waals surface area contributed by atoms with E-state index in [0.29, 0.717) is 0 Å². The lowest BCUT2D eigenvalue weighted by Crippen LogP contribution is -2.44. The van der Waals surface area contributed by atoms with Crippen LogP contribution in [-0.4, -0.2) is 37.2 Å². The van der Waals surface area contributed by atoms with Crippen LogP contribution in [-0.2, 0) is 9.59 Å². The first kappa shape index (κ1) is 13.9. The number of carboxylic acid groups (broad SMARTS) is 1. The molecule has 0 spiro atoms. The van der Waals surface area contributed by atoms with Crippen molar-refractivity contribution >= 4 is 17.6 Å². The van der Waals surface area contributed by atoms with E-state index in [2.05, 4.69) is 10.6 Å². The van der Waals surface area contributed by atoms with Crippen molar-refractivity contribution in [2.24, 2.45) is 0 Å². The van der Waals surface area contributed by atoms with Gasteiger partial charge < -0.3 is 15.2 Å². The number of aliphatic carboxylic acids is 1. The van der Waals surface area contributed by atoms with Crippen LogP contribution in [0, 0.1) is 5.82 Å². The molecule has 0 saturated heterocycles. The molecule has 1 atom stereocenters. The molecular formula is C11H13FN2O4. The molecule has 1 amide bonds. The van der Waals surface area contributed by atoms with E-state index in [1.807, 2.05) is 0 Å². The summed E-state index contributed by atoms with van der Waals surface area (Å²) in [6.45, 7) is 0. The number of likely N-dealkylation sites (N-methyl/N-ethyl adjacent to an activating group) is 1. The van der Waals surface area contributed by atoms with Gasteiger partial charge in [-0.15, -0.1) is 0 Å². The molecule has 1 rings (SSSR count). The van der Waals surface area contributed by atoms with Gasteiger partial charge in [0, 0.05) is 11.8 Å². The lowest BCUT2D eigenvalue weighted by atomic mass is 10.2. The lowest BCUT2D eigenvalue weighted by Gasteiger charge is -2.12. The number of methoxy groups -OCH3 is 1. The van der Waals surface area contributed by atoms with Crippen molar-refractivity contribution in [3.05, 3.63) is 24.0 Å². The second-order valence-corrected chi connectivity index (χ2v) is 3.40. The standard InChI is InChI=1S/C11H13FN2O4/c1-13-9(11(16)17)10(15)14-6-3-4-8(18-2)7(12)5-6/h3-5,9,13H,1-2H3,(H,14,15)(H,16,17). The van der Waals surface area contributed by atoms with Crippen molar-refractivity contribution in [3.63, 3.8) is 0 Å². The minimum atomic E-state index is -1.39. The maximum Gasteiger partial charge on any atom is 0.330 e. The molecule has 6 nitrogen and oxygen atoms in total. The van der Waals surface area contributed by atoms with Crippen LogP contribution < -0.4 is 15.4 Å². The van der Waals surface area contributed by atoms with Crippen LogP contribution in [0.25, 0.3) is 0 Å². The summed E-state index contributed by atoms with van der Waals surface area (Å²) in [7, 11) is 2.66. The third kappa shape index (κ3) is 3.17. The molecule has 18 heavy (non-hydrogen) atoms. The Morgan fingerprint density at radius 3 is 2.56 bits per heavy atom. The molecule has 1 aromatic carbocycles. The number of carboxylic acids is 1. The van der Waals surface area contributed by atoms with Crippen LogP contribution in [0.3, 0.4) is 0 Å². The Bertz CT molecular complexity index is 464. The lowest BCUT2D eigenvalue weighted by molar-refractivity contribution is -0.142. The van der Waals surface area contributed by atoms with Crippen molar-refractivity contribution in [1.82, 2.24) is 5.32 Å². The Morgan fingerprint density at radius 2 is 2.11 bits per heavy atom. The van der Waals surface area contributed by atoms with Crippen LogP contribution in [0.2, 0.25) is 0 Å². The fraction of sp³-hybridized carbons (Fsp3) is 0.273. The molecule has 0 aliphatic carbocycles. The zero-order valence-electron chi connectivity index (χ0n) is 9.86. The molecule has 1 unspecified atom stereocenters. The Balaban J connectivity index is 2.82. The van der Waals surface area contributed by atoms with E-state index in [9.17, 15) is 14.0 Å². The van der Waals surface area contributed by atoms with E-state index >= 15 is 0 Å². The number of halogens is 1. The molecule has 7 heteroatoms. The first-order chi connectivity index (χ1) is 8.49. The monoisotopic (exact) mass is 256 g/mol. The normalized spacial score (nSPS) is 11.7. The van der Waals surface area contributed by atoms with E-state index in [4.69, 9.17) is 9.84 Å². The zero-order chi connectivity index (χ0) is 13.7. The Morgan fingerprint density at radius 1 is 1.44 bits per heavy atom. The topological polar surface area (TPSA) is 87.7 Å². The third-order valence-electron chi connectivity index (χ3n) is 2.22. The highest BCUT2D eigenvalue weighted by Gasteiger charge is 2.24. The number of rotatable bonds is 5. The maximum absolute atomic E-state index is 13.3. The molecule has 0 aromatic heterocycles. The summed E-state index contributed by atoms with van der Waals surface area (Å²) in [4.78, 5) is 22.3. The van der Waals surface area contributed by atoms with Crippen molar-refractivity contribution in [2.45, 2.75) is 6.04 Å². The van der Waals surface area contributed by atoms with Crippen molar-refractivity contribution < 1.29 is 23.8 Å². The SMILES string of the molecule is CNC(C(=O)O)C(=O)Nc1ccc(OC)c(F)c1. The largest absolute Gasteiger partial charge is 0.494 e. The van der Waals surface area contributed by atoms with E-state index in [1.165, 1.54) is 26.3 Å². The van der Waals surface area contributed by atoms with E-state index < -0.39 is 23.7 Å². The van der Waals surface area contributed by atoms with Gasteiger partial charge >= 0.3 is 5.97 Å². The summed E-state index contributed by atoms with van der Waals surface area (Å²) in [5, 5.41) is 13.4. The Kier molecular flexibility index (Phi) is 4.61. The summed E-state index contributed by atoms with van der Waals surface area (Å²) in [6.07, 6.45) is 0. The van der Waals surface area contributed by atoms with Crippen LogP contribution in [0.15, 0.2) is 18.2 Å². The number of hydrogen-bond donors (Lipinski definition) is 3. The average molecular weight is 256 g/mol. The molecule has 0 fully saturated rings. The van der Waals surface area contributed by atoms with Gasteiger partial charge in [0.2, 0.25) is 0 Å². The van der Waals surface area contributed by atoms with Gasteiger partial charge in [-0.3, -0.25) is 10.1 Å². The number of nitrogens with one attached hydrogen (secondary N) is 2. The predicted octanol–water partition coefficient (Wildman–Crippen LogP) is 0.445. The Labute approximate surface area is 103 Å². The smallest absolute Gasteiger partial charge is 0.330 e. The number of anilines is 1. The van der Waals surface area contributed by atoms with Gasteiger partial charge in [0.25, 0.3) is 5.91 Å². The molecule has 0 saturated carbocycles. The predicted molar refractivity (Wildman–Crippen MR) is 62.1 cm³/mol. The van der Waals surface area contributed by atoms with Crippen LogP contribution in [0.1, 0.15) is 0 Å². The molecule has 1 aromatic rings. The zero-order valence-corrected chi connectivity index (χ0v) is 9.86. The number of hydrogen-bond acceptors (Lipinski definition) is 4. The molecule has 0 heterocycles. The summed E-state index contributed by atoms with van der Waals surface area (Å²) in [5.74, 6) is -2.71. The summed E-state index contributed by atoms with van der Waals surface area (Å²) in [5.41, 5.74) is 0.153. The van der Waals surface area contributed by atoms with Gasteiger partial charge in [0.05, 0.1) is 7.11 Å².